The van der Waals surface area contributed by atoms with Gasteiger partial charge in [-0.15, -0.1) is 0 Å². The molecule has 0 spiro atoms. The molecule has 1 aromatic carbocycles. The van der Waals surface area contributed by atoms with E-state index in [0.29, 0.717) is 0 Å². The van der Waals surface area contributed by atoms with E-state index in [0.717, 1.165) is 11.3 Å². The number of benzene rings is 1. The van der Waals surface area contributed by atoms with Crippen LogP contribution in [0.15, 0.2) is 24.3 Å². The molecule has 0 aliphatic carbocycles. The summed E-state index contributed by atoms with van der Waals surface area (Å²) in [4.78, 5) is 0. The first kappa shape index (κ1) is 11.3. The van der Waals surface area contributed by atoms with Crippen LogP contribution >= 0.6 is 0 Å². The highest BCUT2D eigenvalue weighted by Crippen LogP contribution is 2.24. The third-order valence-corrected chi connectivity index (χ3v) is 5.25. The predicted molar refractivity (Wildman–Crippen MR) is 64.9 cm³/mol. The number of methoxy groups -OCH3 is 1. The smallest absolute Gasteiger partial charge is 0.118 e. The van der Waals surface area contributed by atoms with Crippen molar-refractivity contribution in [2.45, 2.75) is 32.0 Å². The maximum Gasteiger partial charge on any atom is 0.118 e. The van der Waals surface area contributed by atoms with Crippen LogP contribution in [0.1, 0.15) is 24.4 Å². The van der Waals surface area contributed by atoms with Crippen molar-refractivity contribution in [1.29, 1.82) is 0 Å². The molecule has 1 atom stereocenters. The number of rotatable bonds is 4. The second kappa shape index (κ2) is 5.20. The summed E-state index contributed by atoms with van der Waals surface area (Å²) in [7, 11) is 1.13. The minimum absolute atomic E-state index is 0.578. The average molecular weight is 208 g/mol. The van der Waals surface area contributed by atoms with Crippen molar-refractivity contribution in [2.24, 2.45) is 0 Å². The summed E-state index contributed by atoms with van der Waals surface area (Å²) in [5.41, 5.74) is 2.29. The van der Waals surface area contributed by atoms with Crippen LogP contribution in [0.4, 0.5) is 0 Å². The number of hydrogen-bond donors (Lipinski definition) is 0. The van der Waals surface area contributed by atoms with Crippen LogP contribution in [0.25, 0.3) is 0 Å². The van der Waals surface area contributed by atoms with E-state index < -0.39 is 8.80 Å². The van der Waals surface area contributed by atoms with Gasteiger partial charge in [0.2, 0.25) is 0 Å². The molecular weight excluding hydrogens is 188 g/mol. The molecule has 0 bridgehead atoms. The Morgan fingerprint density at radius 2 is 1.79 bits per heavy atom. The topological polar surface area (TPSA) is 9.23 Å². The van der Waals surface area contributed by atoms with Crippen LogP contribution in [-0.4, -0.2) is 15.9 Å². The fourth-order valence-electron chi connectivity index (χ4n) is 1.94. The molecule has 78 valence electrons. The van der Waals surface area contributed by atoms with Gasteiger partial charge in [-0.05, 0) is 23.2 Å². The highest BCUT2D eigenvalue weighted by Gasteiger charge is 2.14. The van der Waals surface area contributed by atoms with Gasteiger partial charge in [-0.3, -0.25) is 0 Å². The first-order chi connectivity index (χ1) is 6.69. The lowest BCUT2D eigenvalue weighted by Crippen LogP contribution is -2.14. The summed E-state index contributed by atoms with van der Waals surface area (Å²) in [6, 6.07) is 8.55. The highest BCUT2D eigenvalue weighted by atomic mass is 28.3. The molecule has 1 nitrogen and oxygen atoms in total. The predicted octanol–water partition coefficient (Wildman–Crippen LogP) is 3.21. The molecule has 0 aliphatic rings. The molecule has 2 heteroatoms. The zero-order chi connectivity index (χ0) is 10.6. The lowest BCUT2D eigenvalue weighted by Gasteiger charge is -2.18. The van der Waals surface area contributed by atoms with Gasteiger partial charge < -0.3 is 4.74 Å². The van der Waals surface area contributed by atoms with E-state index >= 15 is 0 Å². The second-order valence-electron chi connectivity index (χ2n) is 4.03. The van der Waals surface area contributed by atoms with Gasteiger partial charge in [-0.2, -0.15) is 0 Å². The minimum atomic E-state index is -0.578. The lowest BCUT2D eigenvalue weighted by atomic mass is 10.1. The lowest BCUT2D eigenvalue weighted by molar-refractivity contribution is 0.414. The van der Waals surface area contributed by atoms with Crippen molar-refractivity contribution in [3.05, 3.63) is 29.8 Å². The van der Waals surface area contributed by atoms with Crippen molar-refractivity contribution in [1.82, 2.24) is 0 Å². The third-order valence-electron chi connectivity index (χ3n) is 2.79. The Hall–Kier alpha value is -0.763. The maximum atomic E-state index is 5.15. The largest absolute Gasteiger partial charge is 0.497 e. The summed E-state index contributed by atoms with van der Waals surface area (Å²) in [5.74, 6) is 0.953. The standard InChI is InChI=1S/C12H20OSi/c1-5-12(14(3)4)10-6-8-11(13-2)9-7-10/h6-9,12,14H,5H2,1-4H3. The van der Waals surface area contributed by atoms with Crippen LogP contribution in [0, 0.1) is 0 Å². The van der Waals surface area contributed by atoms with Crippen LogP contribution in [0.3, 0.4) is 0 Å². The molecule has 0 amide bonds. The van der Waals surface area contributed by atoms with Gasteiger partial charge in [-0.25, -0.2) is 0 Å². The van der Waals surface area contributed by atoms with Crippen molar-refractivity contribution in [3.63, 3.8) is 0 Å². The molecule has 0 radical (unpaired) electrons. The SMILES string of the molecule is CCC(c1ccc(OC)cc1)[SiH](C)C. The van der Waals surface area contributed by atoms with Crippen LogP contribution in [0.5, 0.6) is 5.75 Å². The van der Waals surface area contributed by atoms with Crippen LogP contribution in [-0.2, 0) is 0 Å². The fraction of sp³-hybridized carbons (Fsp3) is 0.500. The van der Waals surface area contributed by atoms with Crippen molar-refractivity contribution >= 4 is 8.80 Å². The monoisotopic (exact) mass is 208 g/mol. The molecule has 1 aromatic rings. The molecule has 1 rings (SSSR count). The second-order valence-corrected chi connectivity index (χ2v) is 7.32. The van der Waals surface area contributed by atoms with Crippen LogP contribution < -0.4 is 4.74 Å². The summed E-state index contributed by atoms with van der Waals surface area (Å²) in [5, 5.41) is 0. The Balaban J connectivity index is 2.84. The minimum Gasteiger partial charge on any atom is -0.497 e. The fourth-order valence-corrected chi connectivity index (χ4v) is 3.88. The Bertz CT molecular complexity index is 266. The molecule has 0 fully saturated rings. The van der Waals surface area contributed by atoms with E-state index in [1.54, 1.807) is 7.11 Å². The molecule has 14 heavy (non-hydrogen) atoms. The average Bonchev–Trinajstić information content (AvgIpc) is 2.19. The van der Waals surface area contributed by atoms with E-state index in [4.69, 9.17) is 4.74 Å². The molecule has 0 saturated carbocycles. The van der Waals surface area contributed by atoms with Gasteiger partial charge in [0.1, 0.15) is 5.75 Å². The first-order valence-electron chi connectivity index (χ1n) is 5.33. The molecular formula is C12H20OSi. The first-order valence-corrected chi connectivity index (χ1v) is 8.30. The van der Waals surface area contributed by atoms with Gasteiger partial charge in [0.25, 0.3) is 0 Å². The van der Waals surface area contributed by atoms with E-state index in [1.807, 2.05) is 0 Å². The number of ether oxygens (including phenoxy) is 1. The van der Waals surface area contributed by atoms with E-state index in [9.17, 15) is 0 Å². The summed E-state index contributed by atoms with van der Waals surface area (Å²) in [6.45, 7) is 7.11. The van der Waals surface area contributed by atoms with Gasteiger partial charge in [0.05, 0.1) is 7.11 Å². The van der Waals surface area contributed by atoms with E-state index in [2.05, 4.69) is 44.3 Å². The summed E-state index contributed by atoms with van der Waals surface area (Å²) in [6.07, 6.45) is 1.26. The molecule has 0 aromatic heterocycles. The quantitative estimate of drug-likeness (QED) is 0.690. The molecule has 1 unspecified atom stereocenters. The van der Waals surface area contributed by atoms with Crippen LogP contribution in [0.2, 0.25) is 13.1 Å². The molecule has 0 aliphatic heterocycles. The number of hydrogen-bond acceptors (Lipinski definition) is 1. The van der Waals surface area contributed by atoms with Gasteiger partial charge >= 0.3 is 0 Å². The summed E-state index contributed by atoms with van der Waals surface area (Å²) < 4.78 is 5.15. The van der Waals surface area contributed by atoms with Crippen molar-refractivity contribution < 1.29 is 4.74 Å². The molecule has 0 N–H and O–H groups in total. The van der Waals surface area contributed by atoms with Gasteiger partial charge in [0.15, 0.2) is 0 Å². The zero-order valence-corrected chi connectivity index (χ0v) is 10.7. The maximum absolute atomic E-state index is 5.15. The summed E-state index contributed by atoms with van der Waals surface area (Å²) >= 11 is 0. The van der Waals surface area contributed by atoms with Gasteiger partial charge in [-0.1, -0.05) is 38.6 Å². The third kappa shape index (κ3) is 2.61. The van der Waals surface area contributed by atoms with Crippen molar-refractivity contribution in [3.8, 4) is 5.75 Å². The molecule has 0 heterocycles. The molecule has 0 saturated heterocycles. The van der Waals surface area contributed by atoms with E-state index in [1.165, 1.54) is 12.0 Å². The Labute approximate surface area is 88.7 Å². The Kier molecular flexibility index (Phi) is 4.20. The zero-order valence-electron chi connectivity index (χ0n) is 9.58. The van der Waals surface area contributed by atoms with E-state index in [-0.39, 0.29) is 0 Å². The highest BCUT2D eigenvalue weighted by molar-refractivity contribution is 6.57. The Morgan fingerprint density at radius 3 is 2.14 bits per heavy atom. The van der Waals surface area contributed by atoms with Crippen molar-refractivity contribution in [2.75, 3.05) is 7.11 Å². The van der Waals surface area contributed by atoms with Gasteiger partial charge in [0, 0.05) is 8.80 Å². The Morgan fingerprint density at radius 1 is 1.21 bits per heavy atom. The normalized spacial score (nSPS) is 12.9.